The van der Waals surface area contributed by atoms with Crippen molar-refractivity contribution < 1.29 is 14.3 Å². The number of hydrogen-bond acceptors (Lipinski definition) is 3. The molecule has 96 valence electrons. The van der Waals surface area contributed by atoms with E-state index in [0.29, 0.717) is 6.61 Å². The van der Waals surface area contributed by atoms with Gasteiger partial charge >= 0.3 is 0 Å². The third-order valence-corrected chi connectivity index (χ3v) is 3.76. The molecule has 1 aliphatic carbocycles. The van der Waals surface area contributed by atoms with Gasteiger partial charge in [-0.15, -0.1) is 0 Å². The first kappa shape index (κ1) is 11.9. The summed E-state index contributed by atoms with van der Waals surface area (Å²) in [7, 11) is 0. The van der Waals surface area contributed by atoms with Crippen LogP contribution in [0.25, 0.3) is 0 Å². The number of aryl methyl sites for hydroxylation is 2. The molecule has 1 aromatic rings. The highest BCUT2D eigenvalue weighted by molar-refractivity contribution is 5.97. The maximum absolute atomic E-state index is 12.0. The lowest BCUT2D eigenvalue weighted by molar-refractivity contribution is 0.0390. The minimum atomic E-state index is 0.0802. The maximum Gasteiger partial charge on any atom is 0.188 e. The molecule has 18 heavy (non-hydrogen) atoms. The van der Waals surface area contributed by atoms with Crippen LogP contribution in [0.15, 0.2) is 18.2 Å². The molecule has 0 saturated carbocycles. The molecule has 0 amide bonds. The molecule has 1 heterocycles. The van der Waals surface area contributed by atoms with Gasteiger partial charge in [0.25, 0.3) is 0 Å². The monoisotopic (exact) mass is 246 g/mol. The van der Waals surface area contributed by atoms with Gasteiger partial charge in [-0.3, -0.25) is 4.79 Å². The second kappa shape index (κ2) is 5.21. The van der Waals surface area contributed by atoms with Crippen LogP contribution in [-0.2, 0) is 22.3 Å². The summed E-state index contributed by atoms with van der Waals surface area (Å²) < 4.78 is 10.8. The standard InChI is InChI=1S/C15H18O3/c16-15(10-18-14-6-7-17-9-14)13-5-4-11-2-1-3-12(11)8-13/h4-5,8,14H,1-3,6-7,9-10H2. The molecule has 1 unspecified atom stereocenters. The summed E-state index contributed by atoms with van der Waals surface area (Å²) in [5.74, 6) is 0.0802. The van der Waals surface area contributed by atoms with Crippen molar-refractivity contribution in [1.82, 2.24) is 0 Å². The number of carbonyl (C=O) groups is 1. The maximum atomic E-state index is 12.0. The van der Waals surface area contributed by atoms with Crippen LogP contribution in [0.1, 0.15) is 34.3 Å². The Labute approximate surface area is 107 Å². The normalized spacial score (nSPS) is 22.1. The molecule has 3 rings (SSSR count). The van der Waals surface area contributed by atoms with Gasteiger partial charge in [-0.1, -0.05) is 12.1 Å². The Morgan fingerprint density at radius 3 is 3.06 bits per heavy atom. The van der Waals surface area contributed by atoms with E-state index in [-0.39, 0.29) is 18.5 Å². The summed E-state index contributed by atoms with van der Waals surface area (Å²) in [6, 6.07) is 6.06. The topological polar surface area (TPSA) is 35.5 Å². The number of ketones is 1. The van der Waals surface area contributed by atoms with E-state index >= 15 is 0 Å². The predicted molar refractivity (Wildman–Crippen MR) is 68.0 cm³/mol. The number of hydrogen-bond donors (Lipinski definition) is 0. The zero-order chi connectivity index (χ0) is 12.4. The second-order valence-corrected chi connectivity index (χ2v) is 5.06. The van der Waals surface area contributed by atoms with Gasteiger partial charge in [0, 0.05) is 12.2 Å². The fraction of sp³-hybridized carbons (Fsp3) is 0.533. The third-order valence-electron chi connectivity index (χ3n) is 3.76. The number of fused-ring (bicyclic) bond motifs is 1. The van der Waals surface area contributed by atoms with Crippen molar-refractivity contribution in [3.05, 3.63) is 34.9 Å². The highest BCUT2D eigenvalue weighted by Crippen LogP contribution is 2.23. The summed E-state index contributed by atoms with van der Waals surface area (Å²) in [5, 5.41) is 0. The summed E-state index contributed by atoms with van der Waals surface area (Å²) in [6.07, 6.45) is 4.47. The number of benzene rings is 1. The lowest BCUT2D eigenvalue weighted by Crippen LogP contribution is -2.18. The van der Waals surface area contributed by atoms with E-state index in [2.05, 4.69) is 6.07 Å². The Balaban J connectivity index is 1.61. The molecule has 0 aromatic heterocycles. The Morgan fingerprint density at radius 1 is 1.33 bits per heavy atom. The van der Waals surface area contributed by atoms with Crippen LogP contribution in [0.4, 0.5) is 0 Å². The van der Waals surface area contributed by atoms with E-state index in [4.69, 9.17) is 9.47 Å². The van der Waals surface area contributed by atoms with Crippen LogP contribution in [0, 0.1) is 0 Å². The fourth-order valence-corrected chi connectivity index (χ4v) is 2.67. The molecule has 3 heteroatoms. The van der Waals surface area contributed by atoms with Crippen LogP contribution in [0.3, 0.4) is 0 Å². The fourth-order valence-electron chi connectivity index (χ4n) is 2.67. The lowest BCUT2D eigenvalue weighted by Gasteiger charge is -2.09. The third kappa shape index (κ3) is 2.47. The van der Waals surface area contributed by atoms with Gasteiger partial charge in [0.05, 0.1) is 12.7 Å². The minimum Gasteiger partial charge on any atom is -0.379 e. The van der Waals surface area contributed by atoms with E-state index in [9.17, 15) is 4.79 Å². The molecule has 1 fully saturated rings. The van der Waals surface area contributed by atoms with Crippen molar-refractivity contribution in [3.63, 3.8) is 0 Å². The Bertz CT molecular complexity index is 447. The SMILES string of the molecule is O=C(COC1CCOC1)c1ccc2c(c1)CCC2. The lowest BCUT2D eigenvalue weighted by atomic mass is 10.0. The average Bonchev–Trinajstić information content (AvgIpc) is 3.05. The van der Waals surface area contributed by atoms with Gasteiger partial charge in [0.2, 0.25) is 0 Å². The van der Waals surface area contributed by atoms with Gasteiger partial charge < -0.3 is 9.47 Å². The summed E-state index contributed by atoms with van der Waals surface area (Å²) in [5.41, 5.74) is 3.52. The molecule has 1 aromatic carbocycles. The van der Waals surface area contributed by atoms with Gasteiger partial charge in [-0.05, 0) is 42.9 Å². The van der Waals surface area contributed by atoms with Crippen molar-refractivity contribution in [2.45, 2.75) is 31.8 Å². The predicted octanol–water partition coefficient (Wildman–Crippen LogP) is 2.16. The highest BCUT2D eigenvalue weighted by atomic mass is 16.5. The number of Topliss-reactive ketones (excluding diaryl/α,β-unsaturated/α-hetero) is 1. The van der Waals surface area contributed by atoms with Crippen molar-refractivity contribution >= 4 is 5.78 Å². The van der Waals surface area contributed by atoms with Crippen LogP contribution in [-0.4, -0.2) is 31.7 Å². The quantitative estimate of drug-likeness (QED) is 0.764. The van der Waals surface area contributed by atoms with Crippen LogP contribution >= 0.6 is 0 Å². The summed E-state index contributed by atoms with van der Waals surface area (Å²) in [4.78, 5) is 12.0. The van der Waals surface area contributed by atoms with Gasteiger partial charge in [-0.25, -0.2) is 0 Å². The highest BCUT2D eigenvalue weighted by Gasteiger charge is 2.19. The molecule has 1 saturated heterocycles. The molecular formula is C15H18O3. The number of carbonyl (C=O) groups excluding carboxylic acids is 1. The summed E-state index contributed by atoms with van der Waals surface area (Å²) >= 11 is 0. The van der Waals surface area contributed by atoms with E-state index < -0.39 is 0 Å². The van der Waals surface area contributed by atoms with E-state index in [1.54, 1.807) is 0 Å². The second-order valence-electron chi connectivity index (χ2n) is 5.06. The molecule has 0 radical (unpaired) electrons. The molecule has 2 aliphatic rings. The van der Waals surface area contributed by atoms with E-state index in [1.807, 2.05) is 12.1 Å². The molecule has 0 spiro atoms. The van der Waals surface area contributed by atoms with E-state index in [0.717, 1.165) is 31.4 Å². The van der Waals surface area contributed by atoms with Gasteiger partial charge in [-0.2, -0.15) is 0 Å². The van der Waals surface area contributed by atoms with E-state index in [1.165, 1.54) is 17.5 Å². The number of ether oxygens (including phenoxy) is 2. The first-order chi connectivity index (χ1) is 8.83. The van der Waals surface area contributed by atoms with Gasteiger partial charge in [0.1, 0.15) is 6.61 Å². The van der Waals surface area contributed by atoms with Crippen LogP contribution in [0.2, 0.25) is 0 Å². The first-order valence-electron chi connectivity index (χ1n) is 6.67. The van der Waals surface area contributed by atoms with Crippen molar-refractivity contribution in [1.29, 1.82) is 0 Å². The molecule has 1 atom stereocenters. The smallest absolute Gasteiger partial charge is 0.188 e. The molecule has 3 nitrogen and oxygen atoms in total. The average molecular weight is 246 g/mol. The molecule has 0 N–H and O–H groups in total. The molecular weight excluding hydrogens is 228 g/mol. The van der Waals surface area contributed by atoms with Crippen LogP contribution < -0.4 is 0 Å². The zero-order valence-electron chi connectivity index (χ0n) is 10.5. The number of rotatable bonds is 4. The largest absolute Gasteiger partial charge is 0.379 e. The van der Waals surface area contributed by atoms with Crippen LogP contribution in [0.5, 0.6) is 0 Å². The zero-order valence-corrected chi connectivity index (χ0v) is 10.5. The Hall–Kier alpha value is -1.19. The molecule has 0 bridgehead atoms. The summed E-state index contributed by atoms with van der Waals surface area (Å²) in [6.45, 7) is 1.54. The van der Waals surface area contributed by atoms with Crippen molar-refractivity contribution in [2.24, 2.45) is 0 Å². The van der Waals surface area contributed by atoms with Gasteiger partial charge in [0.15, 0.2) is 5.78 Å². The Kier molecular flexibility index (Phi) is 3.43. The van der Waals surface area contributed by atoms with Crippen molar-refractivity contribution in [3.8, 4) is 0 Å². The Morgan fingerprint density at radius 2 is 2.22 bits per heavy atom. The van der Waals surface area contributed by atoms with Crippen molar-refractivity contribution in [2.75, 3.05) is 19.8 Å². The minimum absolute atomic E-state index is 0.0802. The first-order valence-corrected chi connectivity index (χ1v) is 6.67. The molecule has 1 aliphatic heterocycles.